The number of rotatable bonds is 7. The van der Waals surface area contributed by atoms with Crippen molar-refractivity contribution in [2.24, 2.45) is 0 Å². The largest absolute Gasteiger partial charge is 0.326 e. The summed E-state index contributed by atoms with van der Waals surface area (Å²) in [7, 11) is -3.58. The fourth-order valence-corrected chi connectivity index (χ4v) is 5.20. The molecule has 0 aliphatic rings. The maximum absolute atomic E-state index is 12.6. The maximum atomic E-state index is 12.6. The molecule has 6 nitrogen and oxygen atoms in total. The number of H-pyrrole nitrogens is 1. The molecule has 9 heteroatoms. The third-order valence-electron chi connectivity index (χ3n) is 4.24. The van der Waals surface area contributed by atoms with Crippen LogP contribution in [0.2, 0.25) is 0 Å². The molecule has 0 aliphatic heterocycles. The summed E-state index contributed by atoms with van der Waals surface area (Å²) in [4.78, 5) is 19.6. The zero-order valence-electron chi connectivity index (χ0n) is 15.6. The second-order valence-corrected chi connectivity index (χ2v) is 9.22. The maximum Gasteiger partial charge on any atom is 0.251 e. The van der Waals surface area contributed by atoms with E-state index < -0.39 is 10.0 Å². The number of halogens is 1. The van der Waals surface area contributed by atoms with Gasteiger partial charge in [-0.3, -0.25) is 9.78 Å². The van der Waals surface area contributed by atoms with Gasteiger partial charge in [0.25, 0.3) is 5.56 Å². The second-order valence-electron chi connectivity index (χ2n) is 6.14. The molecule has 0 atom stereocenters. The molecule has 3 aromatic rings. The van der Waals surface area contributed by atoms with Crippen LogP contribution < -0.4 is 10.3 Å². The van der Waals surface area contributed by atoms with Crippen molar-refractivity contribution in [3.8, 4) is 10.4 Å². The fraction of sp³-hybridized carbons (Fsp3) is 0.263. The Morgan fingerprint density at radius 2 is 2.04 bits per heavy atom. The van der Waals surface area contributed by atoms with Crippen molar-refractivity contribution in [1.29, 1.82) is 0 Å². The van der Waals surface area contributed by atoms with Crippen LogP contribution in [-0.2, 0) is 22.9 Å². The number of nitrogens with one attached hydrogen (secondary N) is 2. The highest BCUT2D eigenvalue weighted by Crippen LogP contribution is 2.32. The summed E-state index contributed by atoms with van der Waals surface area (Å²) in [5.74, 6) is 0. The number of aromatic amines is 1. The van der Waals surface area contributed by atoms with Crippen LogP contribution in [-0.4, -0.2) is 24.9 Å². The molecular formula is C19H22ClN3O3S2. The van der Waals surface area contributed by atoms with Crippen molar-refractivity contribution in [2.75, 3.05) is 6.54 Å². The van der Waals surface area contributed by atoms with Crippen LogP contribution in [0.3, 0.4) is 0 Å². The quantitative estimate of drug-likeness (QED) is 0.590. The van der Waals surface area contributed by atoms with Gasteiger partial charge in [-0.2, -0.15) is 0 Å². The van der Waals surface area contributed by atoms with Crippen LogP contribution in [0.15, 0.2) is 51.7 Å². The lowest BCUT2D eigenvalue weighted by molar-refractivity contribution is 0.583. The molecule has 2 N–H and O–H groups in total. The van der Waals surface area contributed by atoms with E-state index in [-0.39, 0.29) is 22.2 Å². The van der Waals surface area contributed by atoms with Gasteiger partial charge in [-0.15, -0.1) is 23.7 Å². The van der Waals surface area contributed by atoms with Crippen LogP contribution in [0, 0.1) is 6.92 Å². The van der Waals surface area contributed by atoms with Gasteiger partial charge in [0.05, 0.1) is 0 Å². The third-order valence-corrected chi connectivity index (χ3v) is 7.31. The summed E-state index contributed by atoms with van der Waals surface area (Å²) < 4.78 is 28.0. The van der Waals surface area contributed by atoms with E-state index in [9.17, 15) is 13.2 Å². The van der Waals surface area contributed by atoms with E-state index in [1.54, 1.807) is 24.5 Å². The highest BCUT2D eigenvalue weighted by atomic mass is 35.5. The van der Waals surface area contributed by atoms with E-state index >= 15 is 0 Å². The SMILES string of the molecule is CCc1cc(-c2ccc(S(=O)(=O)NCCc3cccnc3)s2)c(C)[nH]c1=O.Cl. The topological polar surface area (TPSA) is 91.9 Å². The first-order chi connectivity index (χ1) is 12.9. The van der Waals surface area contributed by atoms with E-state index in [1.807, 2.05) is 32.0 Å². The Balaban J connectivity index is 0.00000280. The van der Waals surface area contributed by atoms with Crippen LogP contribution in [0.4, 0.5) is 0 Å². The number of nitrogens with zero attached hydrogens (tertiary/aromatic N) is 1. The minimum absolute atomic E-state index is 0. The Bertz CT molecular complexity index is 1090. The minimum atomic E-state index is -3.58. The normalized spacial score (nSPS) is 11.2. The molecule has 0 aliphatic carbocycles. The molecule has 0 amide bonds. The van der Waals surface area contributed by atoms with Gasteiger partial charge < -0.3 is 4.98 Å². The van der Waals surface area contributed by atoms with E-state index in [4.69, 9.17) is 0 Å². The first kappa shape index (κ1) is 22.3. The number of pyridine rings is 2. The lowest BCUT2D eigenvalue weighted by Crippen LogP contribution is -2.25. The number of hydrogen-bond donors (Lipinski definition) is 2. The van der Waals surface area contributed by atoms with Crippen molar-refractivity contribution in [2.45, 2.75) is 30.9 Å². The molecule has 0 saturated heterocycles. The van der Waals surface area contributed by atoms with Crippen LogP contribution in [0.5, 0.6) is 0 Å². The highest BCUT2D eigenvalue weighted by molar-refractivity contribution is 7.91. The molecule has 3 aromatic heterocycles. The Kier molecular flexibility index (Phi) is 7.54. The molecule has 0 aromatic carbocycles. The fourth-order valence-electron chi connectivity index (χ4n) is 2.74. The minimum Gasteiger partial charge on any atom is -0.326 e. The number of aromatic nitrogens is 2. The van der Waals surface area contributed by atoms with Gasteiger partial charge in [0.2, 0.25) is 10.0 Å². The van der Waals surface area contributed by atoms with Crippen molar-refractivity contribution < 1.29 is 8.42 Å². The molecule has 0 radical (unpaired) electrons. The lowest BCUT2D eigenvalue weighted by Gasteiger charge is -2.06. The summed E-state index contributed by atoms with van der Waals surface area (Å²) in [5, 5.41) is 0. The van der Waals surface area contributed by atoms with Gasteiger partial charge in [0, 0.05) is 40.6 Å². The van der Waals surface area contributed by atoms with Gasteiger partial charge in [-0.05, 0) is 49.6 Å². The van der Waals surface area contributed by atoms with Gasteiger partial charge in [0.1, 0.15) is 4.21 Å². The van der Waals surface area contributed by atoms with Gasteiger partial charge in [-0.25, -0.2) is 13.1 Å². The third kappa shape index (κ3) is 5.08. The Labute approximate surface area is 174 Å². The first-order valence-electron chi connectivity index (χ1n) is 8.62. The summed E-state index contributed by atoms with van der Waals surface area (Å²) in [5.41, 5.74) is 3.15. The monoisotopic (exact) mass is 439 g/mol. The smallest absolute Gasteiger partial charge is 0.251 e. The molecular weight excluding hydrogens is 418 g/mol. The number of sulfonamides is 1. The van der Waals surface area contributed by atoms with E-state index in [0.717, 1.165) is 21.7 Å². The average Bonchev–Trinajstić information content (AvgIpc) is 3.13. The molecule has 0 bridgehead atoms. The molecule has 0 saturated carbocycles. The molecule has 3 rings (SSSR count). The van der Waals surface area contributed by atoms with Gasteiger partial charge >= 0.3 is 0 Å². The van der Waals surface area contributed by atoms with Gasteiger partial charge in [0.15, 0.2) is 0 Å². The van der Waals surface area contributed by atoms with Crippen molar-refractivity contribution in [3.05, 3.63) is 69.9 Å². The number of thiophene rings is 1. The summed E-state index contributed by atoms with van der Waals surface area (Å²) in [6, 6.07) is 8.95. The predicted octanol–water partition coefficient (Wildman–Crippen LogP) is 3.31. The van der Waals surface area contributed by atoms with Crippen molar-refractivity contribution in [3.63, 3.8) is 0 Å². The van der Waals surface area contributed by atoms with Crippen molar-refractivity contribution >= 4 is 33.8 Å². The van der Waals surface area contributed by atoms with E-state index in [2.05, 4.69) is 14.7 Å². The molecule has 3 heterocycles. The summed E-state index contributed by atoms with van der Waals surface area (Å²) >= 11 is 1.19. The van der Waals surface area contributed by atoms with Crippen LogP contribution in [0.1, 0.15) is 23.7 Å². The highest BCUT2D eigenvalue weighted by Gasteiger charge is 2.18. The Morgan fingerprint density at radius 3 is 2.71 bits per heavy atom. The number of hydrogen-bond acceptors (Lipinski definition) is 5. The average molecular weight is 440 g/mol. The second kappa shape index (κ2) is 9.47. The zero-order chi connectivity index (χ0) is 19.4. The predicted molar refractivity (Wildman–Crippen MR) is 115 cm³/mol. The first-order valence-corrected chi connectivity index (χ1v) is 10.9. The Hall–Kier alpha value is -2.00. The zero-order valence-corrected chi connectivity index (χ0v) is 18.0. The summed E-state index contributed by atoms with van der Waals surface area (Å²) in [6.45, 7) is 4.04. The molecule has 0 fully saturated rings. The van der Waals surface area contributed by atoms with Gasteiger partial charge in [-0.1, -0.05) is 13.0 Å². The standard InChI is InChI=1S/C19H21N3O3S2.ClH/c1-3-15-11-16(13(2)22-19(15)23)17-6-7-18(26-17)27(24,25)21-10-8-14-5-4-9-20-12-14;/h4-7,9,11-12,21H,3,8,10H2,1-2H3,(H,22,23);1H. The van der Waals surface area contributed by atoms with E-state index in [0.29, 0.717) is 24.9 Å². The summed E-state index contributed by atoms with van der Waals surface area (Å²) in [6.07, 6.45) is 4.60. The molecule has 0 spiro atoms. The molecule has 150 valence electrons. The Morgan fingerprint density at radius 1 is 1.25 bits per heavy atom. The number of aryl methyl sites for hydroxylation is 2. The molecule has 0 unspecified atom stereocenters. The van der Waals surface area contributed by atoms with E-state index in [1.165, 1.54) is 11.3 Å². The lowest BCUT2D eigenvalue weighted by atomic mass is 10.1. The van der Waals surface area contributed by atoms with Crippen molar-refractivity contribution in [1.82, 2.24) is 14.7 Å². The van der Waals surface area contributed by atoms with Crippen LogP contribution in [0.25, 0.3) is 10.4 Å². The molecule has 28 heavy (non-hydrogen) atoms. The van der Waals surface area contributed by atoms with Crippen LogP contribution >= 0.6 is 23.7 Å².